The van der Waals surface area contributed by atoms with Crippen molar-refractivity contribution in [2.75, 3.05) is 19.7 Å². The summed E-state index contributed by atoms with van der Waals surface area (Å²) < 4.78 is 5.72. The van der Waals surface area contributed by atoms with Gasteiger partial charge in [0.05, 0.1) is 6.61 Å². The van der Waals surface area contributed by atoms with Gasteiger partial charge in [-0.25, -0.2) is 0 Å². The SMILES string of the molecule is CCCNCCCCOc1ccccc1C. The van der Waals surface area contributed by atoms with E-state index in [0.717, 1.165) is 31.9 Å². The number of benzene rings is 1. The van der Waals surface area contributed by atoms with Crippen LogP contribution in [0.25, 0.3) is 0 Å². The first-order valence-corrected chi connectivity index (χ1v) is 6.23. The highest BCUT2D eigenvalue weighted by Crippen LogP contribution is 2.16. The largest absolute Gasteiger partial charge is 0.493 e. The molecule has 16 heavy (non-hydrogen) atoms. The van der Waals surface area contributed by atoms with Crippen LogP contribution in [0.2, 0.25) is 0 Å². The Kier molecular flexibility index (Phi) is 6.66. The fraction of sp³-hybridized carbons (Fsp3) is 0.571. The van der Waals surface area contributed by atoms with Crippen LogP contribution >= 0.6 is 0 Å². The van der Waals surface area contributed by atoms with Gasteiger partial charge in [0.15, 0.2) is 0 Å². The summed E-state index contributed by atoms with van der Waals surface area (Å²) in [5, 5.41) is 3.39. The molecule has 0 saturated heterocycles. The van der Waals surface area contributed by atoms with E-state index in [1.54, 1.807) is 0 Å². The van der Waals surface area contributed by atoms with Gasteiger partial charge in [-0.1, -0.05) is 25.1 Å². The Morgan fingerprint density at radius 3 is 2.69 bits per heavy atom. The van der Waals surface area contributed by atoms with Gasteiger partial charge in [-0.3, -0.25) is 0 Å². The molecule has 0 aliphatic rings. The van der Waals surface area contributed by atoms with Crippen LogP contribution in [-0.2, 0) is 0 Å². The molecule has 0 bridgehead atoms. The van der Waals surface area contributed by atoms with Crippen molar-refractivity contribution in [2.45, 2.75) is 33.1 Å². The molecule has 0 aliphatic carbocycles. The summed E-state index contributed by atoms with van der Waals surface area (Å²) in [5.74, 6) is 1.02. The van der Waals surface area contributed by atoms with Crippen molar-refractivity contribution in [1.82, 2.24) is 5.32 Å². The average Bonchev–Trinajstić information content (AvgIpc) is 2.30. The Morgan fingerprint density at radius 1 is 1.12 bits per heavy atom. The smallest absolute Gasteiger partial charge is 0.122 e. The van der Waals surface area contributed by atoms with Gasteiger partial charge in [0.2, 0.25) is 0 Å². The monoisotopic (exact) mass is 221 g/mol. The summed E-state index contributed by atoms with van der Waals surface area (Å²) in [6.07, 6.45) is 3.51. The molecule has 0 unspecified atom stereocenters. The third kappa shape index (κ3) is 5.17. The van der Waals surface area contributed by atoms with E-state index in [9.17, 15) is 0 Å². The number of aryl methyl sites for hydroxylation is 1. The number of ether oxygens (including phenoxy) is 1. The van der Waals surface area contributed by atoms with E-state index in [0.29, 0.717) is 0 Å². The molecule has 1 N–H and O–H groups in total. The molecule has 1 aromatic carbocycles. The summed E-state index contributed by atoms with van der Waals surface area (Å²) in [6.45, 7) is 7.31. The van der Waals surface area contributed by atoms with Crippen LogP contribution in [0.15, 0.2) is 24.3 Å². The van der Waals surface area contributed by atoms with Crippen molar-refractivity contribution >= 4 is 0 Å². The van der Waals surface area contributed by atoms with Crippen molar-refractivity contribution in [3.63, 3.8) is 0 Å². The topological polar surface area (TPSA) is 21.3 Å². The minimum Gasteiger partial charge on any atom is -0.493 e. The predicted octanol–water partition coefficient (Wildman–Crippen LogP) is 3.15. The van der Waals surface area contributed by atoms with E-state index >= 15 is 0 Å². The Morgan fingerprint density at radius 2 is 1.94 bits per heavy atom. The van der Waals surface area contributed by atoms with Crippen molar-refractivity contribution in [2.24, 2.45) is 0 Å². The van der Waals surface area contributed by atoms with Crippen molar-refractivity contribution in [1.29, 1.82) is 0 Å². The van der Waals surface area contributed by atoms with E-state index in [2.05, 4.69) is 25.2 Å². The fourth-order valence-electron chi connectivity index (χ4n) is 1.55. The molecule has 1 aromatic rings. The molecule has 0 spiro atoms. The summed E-state index contributed by atoms with van der Waals surface area (Å²) >= 11 is 0. The number of rotatable bonds is 8. The van der Waals surface area contributed by atoms with Crippen LogP contribution in [0, 0.1) is 6.92 Å². The second-order valence-electron chi connectivity index (χ2n) is 4.07. The van der Waals surface area contributed by atoms with Crippen molar-refractivity contribution in [3.8, 4) is 5.75 Å². The number of hydrogen-bond acceptors (Lipinski definition) is 2. The van der Waals surface area contributed by atoms with Crippen molar-refractivity contribution in [3.05, 3.63) is 29.8 Å². The Labute approximate surface area is 99.0 Å². The minimum atomic E-state index is 0.818. The molecule has 0 radical (unpaired) electrons. The molecular formula is C14H23NO. The highest BCUT2D eigenvalue weighted by atomic mass is 16.5. The summed E-state index contributed by atoms with van der Waals surface area (Å²) in [5.41, 5.74) is 1.21. The number of unbranched alkanes of at least 4 members (excludes halogenated alkanes) is 1. The first-order chi connectivity index (χ1) is 7.84. The average molecular weight is 221 g/mol. The molecule has 0 fully saturated rings. The Hall–Kier alpha value is -1.02. The summed E-state index contributed by atoms with van der Waals surface area (Å²) in [4.78, 5) is 0. The molecule has 0 saturated carbocycles. The second-order valence-corrected chi connectivity index (χ2v) is 4.07. The number of nitrogens with one attached hydrogen (secondary N) is 1. The van der Waals surface area contributed by atoms with E-state index in [1.165, 1.54) is 18.4 Å². The second kappa shape index (κ2) is 8.17. The van der Waals surface area contributed by atoms with E-state index in [4.69, 9.17) is 4.74 Å². The van der Waals surface area contributed by atoms with Crippen molar-refractivity contribution < 1.29 is 4.74 Å². The molecule has 90 valence electrons. The van der Waals surface area contributed by atoms with Crippen LogP contribution in [-0.4, -0.2) is 19.7 Å². The van der Waals surface area contributed by atoms with Gasteiger partial charge >= 0.3 is 0 Å². The fourth-order valence-corrected chi connectivity index (χ4v) is 1.55. The lowest BCUT2D eigenvalue weighted by atomic mass is 10.2. The third-order valence-electron chi connectivity index (χ3n) is 2.53. The number of hydrogen-bond donors (Lipinski definition) is 1. The molecule has 0 aliphatic heterocycles. The van der Waals surface area contributed by atoms with Gasteiger partial charge in [-0.05, 0) is 50.9 Å². The molecule has 0 aromatic heterocycles. The molecular weight excluding hydrogens is 198 g/mol. The molecule has 0 atom stereocenters. The van der Waals surface area contributed by atoms with Gasteiger partial charge in [0.25, 0.3) is 0 Å². The first kappa shape index (κ1) is 13.0. The quantitative estimate of drug-likeness (QED) is 0.681. The predicted molar refractivity (Wildman–Crippen MR) is 69.1 cm³/mol. The van der Waals surface area contributed by atoms with E-state index in [-0.39, 0.29) is 0 Å². The lowest BCUT2D eigenvalue weighted by molar-refractivity contribution is 0.304. The number of para-hydroxylation sites is 1. The van der Waals surface area contributed by atoms with E-state index in [1.807, 2.05) is 18.2 Å². The molecule has 0 heterocycles. The zero-order valence-electron chi connectivity index (χ0n) is 10.5. The van der Waals surface area contributed by atoms with Gasteiger partial charge in [-0.15, -0.1) is 0 Å². The van der Waals surface area contributed by atoms with Crippen LogP contribution in [0.3, 0.4) is 0 Å². The zero-order valence-corrected chi connectivity index (χ0v) is 10.5. The molecule has 0 amide bonds. The first-order valence-electron chi connectivity index (χ1n) is 6.23. The highest BCUT2D eigenvalue weighted by molar-refractivity contribution is 5.31. The highest BCUT2D eigenvalue weighted by Gasteiger charge is 1.96. The van der Waals surface area contributed by atoms with Crippen LogP contribution in [0.5, 0.6) is 5.75 Å². The molecule has 2 nitrogen and oxygen atoms in total. The Balaban J connectivity index is 2.05. The van der Waals surface area contributed by atoms with Gasteiger partial charge in [0, 0.05) is 0 Å². The standard InChI is InChI=1S/C14H23NO/c1-3-10-15-11-6-7-12-16-14-9-5-4-8-13(14)2/h4-5,8-9,15H,3,6-7,10-12H2,1-2H3. The molecule has 2 heteroatoms. The maximum absolute atomic E-state index is 5.72. The van der Waals surface area contributed by atoms with Crippen LogP contribution in [0.4, 0.5) is 0 Å². The van der Waals surface area contributed by atoms with E-state index < -0.39 is 0 Å². The van der Waals surface area contributed by atoms with Gasteiger partial charge in [-0.2, -0.15) is 0 Å². The normalized spacial score (nSPS) is 10.4. The lowest BCUT2D eigenvalue weighted by Crippen LogP contribution is -2.16. The maximum Gasteiger partial charge on any atom is 0.122 e. The van der Waals surface area contributed by atoms with Crippen LogP contribution < -0.4 is 10.1 Å². The maximum atomic E-state index is 5.72. The van der Waals surface area contributed by atoms with Gasteiger partial charge < -0.3 is 10.1 Å². The Bertz CT molecular complexity index is 286. The van der Waals surface area contributed by atoms with Crippen LogP contribution in [0.1, 0.15) is 31.7 Å². The molecule has 1 rings (SSSR count). The zero-order chi connectivity index (χ0) is 11.6. The third-order valence-corrected chi connectivity index (χ3v) is 2.53. The summed E-state index contributed by atoms with van der Waals surface area (Å²) in [6, 6.07) is 8.17. The lowest BCUT2D eigenvalue weighted by Gasteiger charge is -2.08. The van der Waals surface area contributed by atoms with Gasteiger partial charge in [0.1, 0.15) is 5.75 Å². The summed E-state index contributed by atoms with van der Waals surface area (Å²) in [7, 11) is 0. The minimum absolute atomic E-state index is 0.818.